The predicted molar refractivity (Wildman–Crippen MR) is 43.8 cm³/mol. The number of nitrogens with zero attached hydrogens (tertiary/aromatic N) is 2. The van der Waals surface area contributed by atoms with E-state index in [9.17, 15) is 13.2 Å². The van der Waals surface area contributed by atoms with Gasteiger partial charge in [-0.15, -0.1) is 10.2 Å². The van der Waals surface area contributed by atoms with Gasteiger partial charge in [-0.3, -0.25) is 0 Å². The third kappa shape index (κ3) is 1.12. The molecule has 1 heterocycles. The molecule has 0 N–H and O–H groups in total. The molecule has 0 spiro atoms. The first kappa shape index (κ1) is 9.18. The number of hydrogen-bond acceptors (Lipinski definition) is 2. The molecule has 14 heavy (non-hydrogen) atoms. The van der Waals surface area contributed by atoms with Gasteiger partial charge in [0, 0.05) is 5.56 Å². The fourth-order valence-corrected chi connectivity index (χ4v) is 1.39. The second-order valence-electron chi connectivity index (χ2n) is 3.18. The lowest BCUT2D eigenvalue weighted by atomic mass is 9.98. The van der Waals surface area contributed by atoms with Gasteiger partial charge < -0.3 is 0 Å². The molecule has 0 amide bonds. The Balaban J connectivity index is 2.46. The van der Waals surface area contributed by atoms with E-state index in [-0.39, 0.29) is 5.56 Å². The molecule has 0 saturated heterocycles. The molecular weight excluding hydrogens is 193 g/mol. The summed E-state index contributed by atoms with van der Waals surface area (Å²) in [6.45, 7) is 1.62. The quantitative estimate of drug-likeness (QED) is 0.665. The molecule has 0 unspecified atom stereocenters. The largest absolute Gasteiger partial charge is 0.442 e. The minimum Gasteiger partial charge on any atom is -0.166 e. The van der Waals surface area contributed by atoms with E-state index in [1.54, 1.807) is 25.1 Å². The zero-order valence-corrected chi connectivity index (χ0v) is 7.34. The molecule has 0 fully saturated rings. The summed E-state index contributed by atoms with van der Waals surface area (Å²) >= 11 is 0. The Bertz CT molecular complexity index is 389. The van der Waals surface area contributed by atoms with Crippen molar-refractivity contribution in [2.24, 2.45) is 10.2 Å². The number of benzene rings is 1. The van der Waals surface area contributed by atoms with Crippen LogP contribution in [0.4, 0.5) is 13.2 Å². The van der Waals surface area contributed by atoms with Crippen LogP contribution < -0.4 is 0 Å². The topological polar surface area (TPSA) is 24.7 Å². The monoisotopic (exact) mass is 200 g/mol. The maximum Gasteiger partial charge on any atom is 0.442 e. The fourth-order valence-electron chi connectivity index (χ4n) is 1.39. The van der Waals surface area contributed by atoms with Gasteiger partial charge in [0.1, 0.15) is 0 Å². The van der Waals surface area contributed by atoms with E-state index in [2.05, 4.69) is 10.2 Å². The molecule has 5 heteroatoms. The second kappa shape index (κ2) is 2.56. The molecule has 0 bridgehead atoms. The Hall–Kier alpha value is -1.39. The molecule has 2 nitrogen and oxygen atoms in total. The Morgan fingerprint density at radius 1 is 1.14 bits per heavy atom. The molecule has 0 aromatic heterocycles. The minimum absolute atomic E-state index is 0.118. The summed E-state index contributed by atoms with van der Waals surface area (Å²) in [5.74, 6) is 0. The van der Waals surface area contributed by atoms with Crippen LogP contribution in [0.1, 0.15) is 11.1 Å². The molecule has 74 valence electrons. The second-order valence-corrected chi connectivity index (χ2v) is 3.18. The Morgan fingerprint density at radius 2 is 1.71 bits per heavy atom. The minimum atomic E-state index is -4.43. The van der Waals surface area contributed by atoms with E-state index in [0.29, 0.717) is 5.56 Å². The van der Waals surface area contributed by atoms with Crippen LogP contribution in [0.25, 0.3) is 0 Å². The molecule has 0 saturated carbocycles. The van der Waals surface area contributed by atoms with Crippen molar-refractivity contribution < 1.29 is 13.2 Å². The highest BCUT2D eigenvalue weighted by Gasteiger charge is 2.65. The van der Waals surface area contributed by atoms with Crippen molar-refractivity contribution in [2.75, 3.05) is 0 Å². The van der Waals surface area contributed by atoms with Crippen molar-refractivity contribution in [3.05, 3.63) is 35.4 Å². The van der Waals surface area contributed by atoms with Gasteiger partial charge in [0.05, 0.1) is 0 Å². The predicted octanol–water partition coefficient (Wildman–Crippen LogP) is 3.18. The van der Waals surface area contributed by atoms with Crippen LogP contribution in [0.5, 0.6) is 0 Å². The first-order chi connectivity index (χ1) is 6.47. The van der Waals surface area contributed by atoms with E-state index in [4.69, 9.17) is 0 Å². The van der Waals surface area contributed by atoms with E-state index in [1.165, 1.54) is 6.07 Å². The number of alkyl halides is 3. The summed E-state index contributed by atoms with van der Waals surface area (Å²) in [5.41, 5.74) is -1.61. The molecule has 1 aromatic rings. The highest BCUT2D eigenvalue weighted by molar-refractivity contribution is 5.36. The van der Waals surface area contributed by atoms with E-state index < -0.39 is 11.8 Å². The fraction of sp³-hybridized carbons (Fsp3) is 0.333. The van der Waals surface area contributed by atoms with Gasteiger partial charge in [-0.05, 0) is 12.5 Å². The van der Waals surface area contributed by atoms with Crippen molar-refractivity contribution in [3.63, 3.8) is 0 Å². The normalized spacial score (nSPS) is 18.3. The van der Waals surface area contributed by atoms with Crippen molar-refractivity contribution in [2.45, 2.75) is 18.8 Å². The standard InChI is InChI=1S/C9H7F3N2/c1-6-4-2-3-5-7(6)8(13-14-8)9(10,11)12/h2-5H,1H3. The average molecular weight is 200 g/mol. The lowest BCUT2D eigenvalue weighted by molar-refractivity contribution is -0.166. The van der Waals surface area contributed by atoms with Crippen molar-refractivity contribution in [1.29, 1.82) is 0 Å². The molecule has 2 rings (SSSR count). The van der Waals surface area contributed by atoms with E-state index >= 15 is 0 Å². The number of rotatable bonds is 1. The molecule has 0 aliphatic carbocycles. The summed E-state index contributed by atoms with van der Waals surface area (Å²) in [4.78, 5) is 0. The van der Waals surface area contributed by atoms with Gasteiger partial charge >= 0.3 is 11.8 Å². The maximum atomic E-state index is 12.6. The van der Waals surface area contributed by atoms with Crippen LogP contribution in [-0.4, -0.2) is 6.18 Å². The van der Waals surface area contributed by atoms with Gasteiger partial charge in [-0.1, -0.05) is 24.3 Å². The van der Waals surface area contributed by atoms with Crippen molar-refractivity contribution in [1.82, 2.24) is 0 Å². The Labute approximate surface area is 78.5 Å². The van der Waals surface area contributed by atoms with Crippen LogP contribution in [0.3, 0.4) is 0 Å². The van der Waals surface area contributed by atoms with Gasteiger partial charge in [0.25, 0.3) is 0 Å². The zero-order valence-electron chi connectivity index (χ0n) is 7.34. The molecule has 1 aliphatic heterocycles. The number of hydrogen-bond donors (Lipinski definition) is 0. The summed E-state index contributed by atoms with van der Waals surface area (Å²) in [7, 11) is 0. The van der Waals surface area contributed by atoms with Crippen molar-refractivity contribution >= 4 is 0 Å². The number of aryl methyl sites for hydroxylation is 1. The van der Waals surface area contributed by atoms with Crippen LogP contribution in [-0.2, 0) is 5.66 Å². The molecule has 1 aliphatic rings. The van der Waals surface area contributed by atoms with Crippen LogP contribution in [0.15, 0.2) is 34.5 Å². The van der Waals surface area contributed by atoms with E-state index in [1.807, 2.05) is 0 Å². The van der Waals surface area contributed by atoms with Crippen LogP contribution in [0.2, 0.25) is 0 Å². The molecular formula is C9H7F3N2. The van der Waals surface area contributed by atoms with E-state index in [0.717, 1.165) is 0 Å². The summed E-state index contributed by atoms with van der Waals surface area (Å²) in [6, 6.07) is 6.26. The lowest BCUT2D eigenvalue weighted by Gasteiger charge is -2.16. The van der Waals surface area contributed by atoms with Gasteiger partial charge in [0.2, 0.25) is 0 Å². The number of halogens is 3. The zero-order chi connectivity index (χ0) is 10.4. The SMILES string of the molecule is Cc1ccccc1C1(C(F)(F)F)N=N1. The van der Waals surface area contributed by atoms with Gasteiger partial charge in [-0.25, -0.2) is 0 Å². The summed E-state index contributed by atoms with van der Waals surface area (Å²) in [6.07, 6.45) is -4.43. The molecule has 0 radical (unpaired) electrons. The molecule has 0 atom stereocenters. The Morgan fingerprint density at radius 3 is 2.14 bits per heavy atom. The average Bonchev–Trinajstić information content (AvgIpc) is 2.84. The summed E-state index contributed by atoms with van der Waals surface area (Å²) in [5, 5.41) is 6.27. The van der Waals surface area contributed by atoms with Crippen LogP contribution in [0, 0.1) is 6.92 Å². The first-order valence-electron chi connectivity index (χ1n) is 4.04. The third-order valence-electron chi connectivity index (χ3n) is 2.22. The highest BCUT2D eigenvalue weighted by atomic mass is 19.4. The summed E-state index contributed by atoms with van der Waals surface area (Å²) < 4.78 is 37.7. The van der Waals surface area contributed by atoms with Gasteiger partial charge in [0.15, 0.2) is 0 Å². The van der Waals surface area contributed by atoms with Gasteiger partial charge in [-0.2, -0.15) is 13.2 Å². The first-order valence-corrected chi connectivity index (χ1v) is 4.04. The third-order valence-corrected chi connectivity index (χ3v) is 2.22. The smallest absolute Gasteiger partial charge is 0.166 e. The van der Waals surface area contributed by atoms with Crippen LogP contribution >= 0.6 is 0 Å². The lowest BCUT2D eigenvalue weighted by Crippen LogP contribution is -2.30. The Kier molecular flexibility index (Phi) is 1.68. The highest BCUT2D eigenvalue weighted by Crippen LogP contribution is 2.52. The van der Waals surface area contributed by atoms with Crippen molar-refractivity contribution in [3.8, 4) is 0 Å². The molecule has 1 aromatic carbocycles. The maximum absolute atomic E-state index is 12.6.